The van der Waals surface area contributed by atoms with Crippen molar-refractivity contribution in [1.29, 1.82) is 0 Å². The van der Waals surface area contributed by atoms with Crippen molar-refractivity contribution in [1.82, 2.24) is 10.1 Å². The Morgan fingerprint density at radius 1 is 1.33 bits per heavy atom. The lowest BCUT2D eigenvalue weighted by molar-refractivity contribution is -0.159. The first kappa shape index (κ1) is 15.2. The van der Waals surface area contributed by atoms with Crippen molar-refractivity contribution in [3.63, 3.8) is 0 Å². The van der Waals surface area contributed by atoms with Crippen LogP contribution in [-0.4, -0.2) is 15.9 Å². The first-order valence-corrected chi connectivity index (χ1v) is 6.33. The van der Waals surface area contributed by atoms with Crippen LogP contribution in [0, 0.1) is 6.92 Å². The van der Waals surface area contributed by atoms with Gasteiger partial charge in [0.1, 0.15) is 5.78 Å². The fraction of sp³-hybridized carbons (Fsp3) is 0.357. The van der Waals surface area contributed by atoms with Crippen LogP contribution in [0.5, 0.6) is 0 Å². The maximum atomic E-state index is 12.4. The molecular weight excluding hydrogens is 285 g/mol. The second-order valence-corrected chi connectivity index (χ2v) is 4.63. The van der Waals surface area contributed by atoms with Gasteiger partial charge in [0, 0.05) is 18.4 Å². The Hall–Kier alpha value is -2.18. The van der Waals surface area contributed by atoms with E-state index in [9.17, 15) is 18.0 Å². The molecule has 1 heterocycles. The molecule has 0 aliphatic heterocycles. The summed E-state index contributed by atoms with van der Waals surface area (Å²) in [4.78, 5) is 14.8. The smallest absolute Gasteiger partial charge is 0.329 e. The topological polar surface area (TPSA) is 56.0 Å². The quantitative estimate of drug-likeness (QED) is 0.865. The van der Waals surface area contributed by atoms with E-state index in [0.717, 1.165) is 11.1 Å². The summed E-state index contributed by atoms with van der Waals surface area (Å²) in [7, 11) is 0. The molecule has 0 spiro atoms. The number of halogens is 3. The van der Waals surface area contributed by atoms with E-state index in [-0.39, 0.29) is 11.6 Å². The predicted molar refractivity (Wildman–Crippen MR) is 68.5 cm³/mol. The van der Waals surface area contributed by atoms with Gasteiger partial charge in [0.05, 0.1) is 0 Å². The van der Waals surface area contributed by atoms with Crippen LogP contribution in [0.15, 0.2) is 22.7 Å². The highest BCUT2D eigenvalue weighted by Crippen LogP contribution is 2.29. The molecule has 0 atom stereocenters. The standard InChI is InChI=1S/C14H13F3N2O2/c1-3-11(20)7-9-4-5-10(6-8(9)2)12-18-13(21-19-12)14(15,16)17/h4-6H,3,7H2,1-2H3. The zero-order valence-electron chi connectivity index (χ0n) is 11.5. The number of alkyl halides is 3. The number of ketones is 1. The van der Waals surface area contributed by atoms with Crippen molar-refractivity contribution in [3.05, 3.63) is 35.2 Å². The van der Waals surface area contributed by atoms with Crippen molar-refractivity contribution in [2.45, 2.75) is 32.9 Å². The summed E-state index contributed by atoms with van der Waals surface area (Å²) in [6, 6.07) is 4.92. The molecule has 0 bridgehead atoms. The third kappa shape index (κ3) is 3.48. The van der Waals surface area contributed by atoms with Gasteiger partial charge in [0.2, 0.25) is 5.82 Å². The molecule has 112 valence electrons. The normalized spacial score (nSPS) is 11.7. The lowest BCUT2D eigenvalue weighted by Crippen LogP contribution is -2.05. The Bertz CT molecular complexity index is 662. The molecular formula is C14H13F3N2O2. The molecule has 21 heavy (non-hydrogen) atoms. The summed E-state index contributed by atoms with van der Waals surface area (Å²) in [5.41, 5.74) is 2.05. The van der Waals surface area contributed by atoms with Gasteiger partial charge in [-0.3, -0.25) is 4.79 Å². The minimum absolute atomic E-state index is 0.102. The third-order valence-electron chi connectivity index (χ3n) is 3.05. The van der Waals surface area contributed by atoms with Gasteiger partial charge in [0.15, 0.2) is 0 Å². The average Bonchev–Trinajstić information content (AvgIpc) is 2.90. The maximum absolute atomic E-state index is 12.4. The van der Waals surface area contributed by atoms with Crippen LogP contribution >= 0.6 is 0 Å². The van der Waals surface area contributed by atoms with Gasteiger partial charge >= 0.3 is 12.1 Å². The van der Waals surface area contributed by atoms with E-state index < -0.39 is 12.1 Å². The molecule has 7 heteroatoms. The highest BCUT2D eigenvalue weighted by Gasteiger charge is 2.38. The number of carbonyl (C=O) groups is 1. The number of rotatable bonds is 4. The number of nitrogens with zero attached hydrogens (tertiary/aromatic N) is 2. The van der Waals surface area contributed by atoms with E-state index in [1.165, 1.54) is 0 Å². The number of aromatic nitrogens is 2. The number of hydrogen-bond acceptors (Lipinski definition) is 4. The van der Waals surface area contributed by atoms with E-state index in [2.05, 4.69) is 14.7 Å². The lowest BCUT2D eigenvalue weighted by atomic mass is 10.00. The van der Waals surface area contributed by atoms with Gasteiger partial charge in [0.25, 0.3) is 0 Å². The molecule has 0 amide bonds. The van der Waals surface area contributed by atoms with Gasteiger partial charge in [-0.2, -0.15) is 18.2 Å². The van der Waals surface area contributed by atoms with E-state index >= 15 is 0 Å². The zero-order chi connectivity index (χ0) is 15.6. The summed E-state index contributed by atoms with van der Waals surface area (Å²) in [5, 5.41) is 3.33. The molecule has 0 saturated heterocycles. The fourth-order valence-corrected chi connectivity index (χ4v) is 1.83. The summed E-state index contributed by atoms with van der Waals surface area (Å²) in [5.74, 6) is -1.40. The van der Waals surface area contributed by atoms with Gasteiger partial charge in [-0.1, -0.05) is 24.2 Å². The third-order valence-corrected chi connectivity index (χ3v) is 3.05. The van der Waals surface area contributed by atoms with Gasteiger partial charge < -0.3 is 4.52 Å². The molecule has 0 fully saturated rings. The largest absolute Gasteiger partial charge is 0.471 e. The Balaban J connectivity index is 2.28. The number of hydrogen-bond donors (Lipinski definition) is 0. The van der Waals surface area contributed by atoms with Crippen LogP contribution in [0.3, 0.4) is 0 Å². The van der Waals surface area contributed by atoms with Crippen molar-refractivity contribution in [2.24, 2.45) is 0 Å². The molecule has 1 aromatic carbocycles. The van der Waals surface area contributed by atoms with Gasteiger partial charge in [-0.15, -0.1) is 0 Å². The van der Waals surface area contributed by atoms with Crippen LogP contribution in [-0.2, 0) is 17.4 Å². The van der Waals surface area contributed by atoms with Crippen molar-refractivity contribution < 1.29 is 22.5 Å². The summed E-state index contributed by atoms with van der Waals surface area (Å²) < 4.78 is 41.4. The molecule has 0 N–H and O–H groups in total. The van der Waals surface area contributed by atoms with Crippen LogP contribution in [0.4, 0.5) is 13.2 Å². The second kappa shape index (κ2) is 5.67. The predicted octanol–water partition coefficient (Wildman–Crippen LogP) is 3.59. The Morgan fingerprint density at radius 2 is 2.05 bits per heavy atom. The summed E-state index contributed by atoms with van der Waals surface area (Å²) >= 11 is 0. The van der Waals surface area contributed by atoms with E-state index in [4.69, 9.17) is 0 Å². The van der Waals surface area contributed by atoms with E-state index in [1.807, 2.05) is 0 Å². The van der Waals surface area contributed by atoms with Crippen LogP contribution in [0.2, 0.25) is 0 Å². The molecule has 0 aliphatic rings. The lowest BCUT2D eigenvalue weighted by Gasteiger charge is -2.05. The number of Topliss-reactive ketones (excluding diaryl/α,β-unsaturated/α-hetero) is 1. The molecule has 4 nitrogen and oxygen atoms in total. The average molecular weight is 298 g/mol. The minimum atomic E-state index is -4.66. The zero-order valence-corrected chi connectivity index (χ0v) is 11.5. The molecule has 2 rings (SSSR count). The highest BCUT2D eigenvalue weighted by molar-refractivity contribution is 5.81. The van der Waals surface area contributed by atoms with Crippen molar-refractivity contribution >= 4 is 5.78 Å². The Kier molecular flexibility index (Phi) is 4.11. The van der Waals surface area contributed by atoms with Gasteiger partial charge in [-0.05, 0) is 24.1 Å². The highest BCUT2D eigenvalue weighted by atomic mass is 19.4. The van der Waals surface area contributed by atoms with E-state index in [0.29, 0.717) is 18.4 Å². The van der Waals surface area contributed by atoms with Crippen molar-refractivity contribution in [3.8, 4) is 11.4 Å². The Morgan fingerprint density at radius 3 is 2.57 bits per heavy atom. The SMILES string of the molecule is CCC(=O)Cc1ccc(-c2noc(C(F)(F)F)n2)cc1C. The molecule has 0 aliphatic carbocycles. The Labute approximate surface area is 119 Å². The number of benzene rings is 1. The summed E-state index contributed by atoms with van der Waals surface area (Å²) in [6.07, 6.45) is -3.91. The molecule has 1 aromatic heterocycles. The van der Waals surface area contributed by atoms with Crippen LogP contribution in [0.1, 0.15) is 30.4 Å². The monoisotopic (exact) mass is 298 g/mol. The number of carbonyl (C=O) groups excluding carboxylic acids is 1. The number of aryl methyl sites for hydroxylation is 1. The van der Waals surface area contributed by atoms with Gasteiger partial charge in [-0.25, -0.2) is 0 Å². The molecule has 2 aromatic rings. The first-order chi connectivity index (χ1) is 9.81. The molecule has 0 saturated carbocycles. The molecule has 0 unspecified atom stereocenters. The fourth-order valence-electron chi connectivity index (χ4n) is 1.83. The summed E-state index contributed by atoms with van der Waals surface area (Å²) in [6.45, 7) is 3.57. The maximum Gasteiger partial charge on any atom is 0.471 e. The van der Waals surface area contributed by atoms with Crippen LogP contribution < -0.4 is 0 Å². The second-order valence-electron chi connectivity index (χ2n) is 4.63. The minimum Gasteiger partial charge on any atom is -0.329 e. The van der Waals surface area contributed by atoms with Crippen LogP contribution in [0.25, 0.3) is 11.4 Å². The van der Waals surface area contributed by atoms with E-state index in [1.54, 1.807) is 32.0 Å². The first-order valence-electron chi connectivity index (χ1n) is 6.33. The van der Waals surface area contributed by atoms with Crippen molar-refractivity contribution in [2.75, 3.05) is 0 Å². The molecule has 0 radical (unpaired) electrons.